The zero-order chi connectivity index (χ0) is 15.2. The predicted molar refractivity (Wildman–Crippen MR) is 88.2 cm³/mol. The lowest BCUT2D eigenvalue weighted by Crippen LogP contribution is -2.52. The molecule has 0 heterocycles. The average molecular weight is 294 g/mol. The van der Waals surface area contributed by atoms with Gasteiger partial charge in [0.1, 0.15) is 0 Å². The third kappa shape index (κ3) is 4.98. The van der Waals surface area contributed by atoms with Gasteiger partial charge in [-0.05, 0) is 44.4 Å². The van der Waals surface area contributed by atoms with Gasteiger partial charge in [-0.25, -0.2) is 0 Å². The Kier molecular flexibility index (Phi) is 6.53. The molecule has 2 N–H and O–H groups in total. The van der Waals surface area contributed by atoms with E-state index in [-0.39, 0.29) is 11.9 Å². The molecule has 2 aliphatic carbocycles. The Bertz CT molecular complexity index is 323. The molecule has 2 fully saturated rings. The van der Waals surface area contributed by atoms with Crippen molar-refractivity contribution in [1.29, 1.82) is 0 Å². The molecule has 2 aliphatic rings. The van der Waals surface area contributed by atoms with Crippen LogP contribution in [-0.2, 0) is 4.79 Å². The van der Waals surface area contributed by atoms with Crippen molar-refractivity contribution >= 4 is 5.91 Å². The number of hydrogen-bond donors (Lipinski definition) is 2. The molecule has 3 unspecified atom stereocenters. The van der Waals surface area contributed by atoms with E-state index >= 15 is 0 Å². The number of carbonyl (C=O) groups excluding carboxylic acids is 1. The largest absolute Gasteiger partial charge is 0.352 e. The Labute approximate surface area is 130 Å². The van der Waals surface area contributed by atoms with Crippen LogP contribution in [0.5, 0.6) is 0 Å². The van der Waals surface area contributed by atoms with E-state index in [4.69, 9.17) is 0 Å². The predicted octanol–water partition coefficient (Wildman–Crippen LogP) is 3.63. The summed E-state index contributed by atoms with van der Waals surface area (Å²) in [5.41, 5.74) is 0. The normalized spacial score (nSPS) is 29.3. The van der Waals surface area contributed by atoms with Crippen molar-refractivity contribution in [3.05, 3.63) is 0 Å². The third-order valence-corrected chi connectivity index (χ3v) is 5.48. The van der Waals surface area contributed by atoms with Crippen LogP contribution >= 0.6 is 0 Å². The zero-order valence-corrected chi connectivity index (χ0v) is 14.2. The van der Waals surface area contributed by atoms with Crippen molar-refractivity contribution in [1.82, 2.24) is 10.6 Å². The Balaban J connectivity index is 1.81. The van der Waals surface area contributed by atoms with Crippen LogP contribution in [0.3, 0.4) is 0 Å². The highest BCUT2D eigenvalue weighted by Crippen LogP contribution is 2.30. The summed E-state index contributed by atoms with van der Waals surface area (Å²) in [5.74, 6) is 1.63. The summed E-state index contributed by atoms with van der Waals surface area (Å²) < 4.78 is 0. The highest BCUT2D eigenvalue weighted by molar-refractivity contribution is 5.81. The molecule has 2 rings (SSSR count). The lowest BCUT2D eigenvalue weighted by atomic mass is 9.77. The van der Waals surface area contributed by atoms with Crippen LogP contribution in [0.1, 0.15) is 78.6 Å². The first-order valence-corrected chi connectivity index (χ1v) is 9.14. The lowest BCUT2D eigenvalue weighted by molar-refractivity contribution is -0.124. The molecule has 3 heteroatoms. The molecule has 0 spiro atoms. The smallest absolute Gasteiger partial charge is 0.237 e. The molecule has 21 heavy (non-hydrogen) atoms. The summed E-state index contributed by atoms with van der Waals surface area (Å²) in [6.07, 6.45) is 11.4. The van der Waals surface area contributed by atoms with Gasteiger partial charge in [0, 0.05) is 12.1 Å². The number of amides is 1. The van der Waals surface area contributed by atoms with Crippen LogP contribution in [0.25, 0.3) is 0 Å². The fourth-order valence-corrected chi connectivity index (χ4v) is 4.13. The van der Waals surface area contributed by atoms with Gasteiger partial charge in [0.2, 0.25) is 5.91 Å². The van der Waals surface area contributed by atoms with E-state index in [9.17, 15) is 4.79 Å². The van der Waals surface area contributed by atoms with Crippen LogP contribution in [0.15, 0.2) is 0 Å². The molecule has 0 aromatic rings. The third-order valence-electron chi connectivity index (χ3n) is 5.48. The molecule has 0 aromatic carbocycles. The fourth-order valence-electron chi connectivity index (χ4n) is 4.13. The lowest BCUT2D eigenvalue weighted by Gasteiger charge is -2.37. The van der Waals surface area contributed by atoms with Crippen molar-refractivity contribution in [2.45, 2.75) is 96.7 Å². The summed E-state index contributed by atoms with van der Waals surface area (Å²) in [7, 11) is 0. The second-order valence-corrected chi connectivity index (χ2v) is 7.53. The zero-order valence-electron chi connectivity index (χ0n) is 14.2. The molecule has 0 bridgehead atoms. The topological polar surface area (TPSA) is 41.1 Å². The maximum absolute atomic E-state index is 12.4. The van der Waals surface area contributed by atoms with Crippen LogP contribution in [0.4, 0.5) is 0 Å². The highest BCUT2D eigenvalue weighted by atomic mass is 16.2. The van der Waals surface area contributed by atoms with Crippen LogP contribution < -0.4 is 10.6 Å². The van der Waals surface area contributed by atoms with E-state index in [1.807, 2.05) is 6.92 Å². The summed E-state index contributed by atoms with van der Waals surface area (Å²) in [6.45, 7) is 6.67. The molecule has 0 saturated heterocycles. The minimum atomic E-state index is -0.0590. The molecule has 0 aliphatic heterocycles. The van der Waals surface area contributed by atoms with E-state index in [2.05, 4.69) is 24.5 Å². The Morgan fingerprint density at radius 3 is 2.19 bits per heavy atom. The van der Waals surface area contributed by atoms with E-state index in [1.54, 1.807) is 0 Å². The number of rotatable bonds is 5. The summed E-state index contributed by atoms with van der Waals surface area (Å²) in [4.78, 5) is 12.4. The Hall–Kier alpha value is -0.570. The van der Waals surface area contributed by atoms with Crippen LogP contribution in [0.2, 0.25) is 0 Å². The van der Waals surface area contributed by atoms with E-state index < -0.39 is 0 Å². The standard InChI is InChI=1S/C18H34N2O/c1-13(2)16-11-7-8-12-17(16)19-14(3)18(21)20-15-9-5-4-6-10-15/h13-17,19H,4-12H2,1-3H3,(H,20,21). The van der Waals surface area contributed by atoms with Crippen molar-refractivity contribution < 1.29 is 4.79 Å². The monoisotopic (exact) mass is 294 g/mol. The molecule has 122 valence electrons. The molecule has 2 saturated carbocycles. The second kappa shape index (κ2) is 8.17. The summed E-state index contributed by atoms with van der Waals surface area (Å²) in [5, 5.41) is 6.88. The molecular weight excluding hydrogens is 260 g/mol. The SMILES string of the molecule is CC(NC1CCCCC1C(C)C)C(=O)NC1CCCCC1. The van der Waals surface area contributed by atoms with Gasteiger partial charge >= 0.3 is 0 Å². The van der Waals surface area contributed by atoms with Gasteiger partial charge in [0.25, 0.3) is 0 Å². The molecule has 0 aromatic heterocycles. The quantitative estimate of drug-likeness (QED) is 0.813. The van der Waals surface area contributed by atoms with Crippen molar-refractivity contribution in [3.63, 3.8) is 0 Å². The first-order valence-electron chi connectivity index (χ1n) is 9.14. The number of hydrogen-bond acceptors (Lipinski definition) is 2. The minimum absolute atomic E-state index is 0.0590. The van der Waals surface area contributed by atoms with Gasteiger partial charge in [-0.15, -0.1) is 0 Å². The molecular formula is C18H34N2O. The average Bonchev–Trinajstić information content (AvgIpc) is 2.48. The van der Waals surface area contributed by atoms with Gasteiger partial charge in [0.05, 0.1) is 6.04 Å². The number of nitrogens with one attached hydrogen (secondary N) is 2. The maximum Gasteiger partial charge on any atom is 0.237 e. The first kappa shape index (κ1) is 16.8. The number of carbonyl (C=O) groups is 1. The van der Waals surface area contributed by atoms with Crippen molar-refractivity contribution in [2.75, 3.05) is 0 Å². The minimum Gasteiger partial charge on any atom is -0.352 e. The van der Waals surface area contributed by atoms with Crippen molar-refractivity contribution in [2.24, 2.45) is 11.8 Å². The van der Waals surface area contributed by atoms with E-state index in [0.717, 1.165) is 18.8 Å². The van der Waals surface area contributed by atoms with E-state index in [1.165, 1.54) is 44.9 Å². The summed E-state index contributed by atoms with van der Waals surface area (Å²) in [6, 6.07) is 0.880. The van der Waals surface area contributed by atoms with Gasteiger partial charge in [-0.2, -0.15) is 0 Å². The van der Waals surface area contributed by atoms with E-state index in [0.29, 0.717) is 18.0 Å². The van der Waals surface area contributed by atoms with Gasteiger partial charge in [-0.1, -0.05) is 46.0 Å². The van der Waals surface area contributed by atoms with Gasteiger partial charge in [-0.3, -0.25) is 4.79 Å². The molecule has 3 atom stereocenters. The van der Waals surface area contributed by atoms with Crippen LogP contribution in [0, 0.1) is 11.8 Å². The first-order chi connectivity index (χ1) is 10.1. The summed E-state index contributed by atoms with van der Waals surface area (Å²) >= 11 is 0. The Morgan fingerprint density at radius 1 is 0.905 bits per heavy atom. The van der Waals surface area contributed by atoms with Crippen molar-refractivity contribution in [3.8, 4) is 0 Å². The van der Waals surface area contributed by atoms with Gasteiger partial charge < -0.3 is 10.6 Å². The maximum atomic E-state index is 12.4. The molecule has 0 radical (unpaired) electrons. The molecule has 1 amide bonds. The molecule has 3 nitrogen and oxygen atoms in total. The van der Waals surface area contributed by atoms with Gasteiger partial charge in [0.15, 0.2) is 0 Å². The fraction of sp³-hybridized carbons (Fsp3) is 0.944. The van der Waals surface area contributed by atoms with Crippen LogP contribution in [-0.4, -0.2) is 24.0 Å². The highest BCUT2D eigenvalue weighted by Gasteiger charge is 2.30. The second-order valence-electron chi connectivity index (χ2n) is 7.53. The Morgan fingerprint density at radius 2 is 1.52 bits per heavy atom.